The number of amides is 3. The van der Waals surface area contributed by atoms with Crippen LogP contribution in [-0.2, 0) is 14.3 Å². The Bertz CT molecular complexity index is 305. The molecule has 0 aromatic rings. The summed E-state index contributed by atoms with van der Waals surface area (Å²) in [5.74, 6) is -0.775. The van der Waals surface area contributed by atoms with Crippen molar-refractivity contribution in [3.8, 4) is 0 Å². The van der Waals surface area contributed by atoms with Crippen LogP contribution in [0, 0.1) is 0 Å². The Hall–Kier alpha value is -1.79. The number of hydrogen-bond acceptors (Lipinski definition) is 4. The highest BCUT2D eigenvalue weighted by atomic mass is 16.5. The van der Waals surface area contributed by atoms with Crippen molar-refractivity contribution in [1.82, 2.24) is 10.6 Å². The Balaban J connectivity index is 4.18. The van der Waals surface area contributed by atoms with E-state index in [0.717, 1.165) is 0 Å². The number of urea groups is 1. The highest BCUT2D eigenvalue weighted by Gasteiger charge is 2.21. The molecule has 1 atom stereocenters. The first-order valence-electron chi connectivity index (χ1n) is 5.83. The maximum Gasteiger partial charge on any atom is 0.328 e. The highest BCUT2D eigenvalue weighted by molar-refractivity contribution is 5.83. The van der Waals surface area contributed by atoms with Crippen molar-refractivity contribution < 1.29 is 19.1 Å². The third-order valence-corrected chi connectivity index (χ3v) is 1.98. The second-order valence-corrected chi connectivity index (χ2v) is 4.17. The highest BCUT2D eigenvalue weighted by Crippen LogP contribution is 2.02. The summed E-state index contributed by atoms with van der Waals surface area (Å²) in [6.07, 6.45) is 0.657. The monoisotopic (exact) mass is 259 g/mol. The molecule has 0 aliphatic rings. The molecule has 0 fully saturated rings. The third-order valence-electron chi connectivity index (χ3n) is 1.98. The SMILES string of the molecule is CC(=O)N[C@@H](CCCNC(N)=O)C(=O)OC(C)C. The van der Waals surface area contributed by atoms with E-state index in [0.29, 0.717) is 19.4 Å². The number of carbonyl (C=O) groups is 3. The first-order chi connectivity index (χ1) is 8.32. The number of rotatable bonds is 7. The molecule has 4 N–H and O–H groups in total. The van der Waals surface area contributed by atoms with Gasteiger partial charge in [-0.15, -0.1) is 0 Å². The van der Waals surface area contributed by atoms with Crippen LogP contribution in [0.3, 0.4) is 0 Å². The molecule has 104 valence electrons. The summed E-state index contributed by atoms with van der Waals surface area (Å²) >= 11 is 0. The second kappa shape index (κ2) is 8.32. The van der Waals surface area contributed by atoms with E-state index in [4.69, 9.17) is 10.5 Å². The molecule has 7 nitrogen and oxygen atoms in total. The van der Waals surface area contributed by atoms with Gasteiger partial charge in [0.2, 0.25) is 5.91 Å². The predicted octanol–water partition coefficient (Wildman–Crippen LogP) is -0.109. The zero-order valence-corrected chi connectivity index (χ0v) is 11.0. The molecule has 0 aromatic carbocycles. The van der Waals surface area contributed by atoms with Crippen molar-refractivity contribution >= 4 is 17.9 Å². The molecule has 0 saturated heterocycles. The van der Waals surface area contributed by atoms with Gasteiger partial charge in [-0.2, -0.15) is 0 Å². The number of carbonyl (C=O) groups excluding carboxylic acids is 3. The topological polar surface area (TPSA) is 111 Å². The number of esters is 1. The molecule has 0 unspecified atom stereocenters. The van der Waals surface area contributed by atoms with Gasteiger partial charge >= 0.3 is 12.0 Å². The fourth-order valence-corrected chi connectivity index (χ4v) is 1.33. The molecule has 0 aromatic heterocycles. The van der Waals surface area contributed by atoms with Crippen LogP contribution < -0.4 is 16.4 Å². The largest absolute Gasteiger partial charge is 0.461 e. The lowest BCUT2D eigenvalue weighted by molar-refractivity contribution is -0.151. The fourth-order valence-electron chi connectivity index (χ4n) is 1.33. The van der Waals surface area contributed by atoms with Crippen LogP contribution in [0.1, 0.15) is 33.6 Å². The summed E-state index contributed by atoms with van der Waals surface area (Å²) < 4.78 is 5.03. The molecule has 3 amide bonds. The van der Waals surface area contributed by atoms with E-state index in [2.05, 4.69) is 10.6 Å². The Morgan fingerprint density at radius 3 is 2.33 bits per heavy atom. The van der Waals surface area contributed by atoms with E-state index in [1.165, 1.54) is 6.92 Å². The number of nitrogens with two attached hydrogens (primary N) is 1. The lowest BCUT2D eigenvalue weighted by Crippen LogP contribution is -2.42. The van der Waals surface area contributed by atoms with Crippen LogP contribution >= 0.6 is 0 Å². The van der Waals surface area contributed by atoms with E-state index in [9.17, 15) is 14.4 Å². The molecule has 7 heteroatoms. The summed E-state index contributed by atoms with van der Waals surface area (Å²) in [6, 6.07) is -1.31. The number of nitrogens with one attached hydrogen (secondary N) is 2. The molecular formula is C11H21N3O4. The standard InChI is InChI=1S/C11H21N3O4/c1-7(2)18-10(16)9(14-8(3)15)5-4-6-13-11(12)17/h7,9H,4-6H2,1-3H3,(H,14,15)(H3,12,13,17)/t9-/m0/s1. The summed E-state index contributed by atoms with van der Waals surface area (Å²) in [6.45, 7) is 5.15. The van der Waals surface area contributed by atoms with Gasteiger partial charge in [-0.3, -0.25) is 4.79 Å². The van der Waals surface area contributed by atoms with E-state index in [-0.39, 0.29) is 12.0 Å². The van der Waals surface area contributed by atoms with Gasteiger partial charge < -0.3 is 21.1 Å². The van der Waals surface area contributed by atoms with E-state index >= 15 is 0 Å². The summed E-state index contributed by atoms with van der Waals surface area (Å²) in [4.78, 5) is 33.1. The van der Waals surface area contributed by atoms with Crippen molar-refractivity contribution in [3.05, 3.63) is 0 Å². The van der Waals surface area contributed by atoms with Crippen LogP contribution in [0.15, 0.2) is 0 Å². The van der Waals surface area contributed by atoms with Crippen LogP contribution in [-0.4, -0.2) is 36.6 Å². The Morgan fingerprint density at radius 1 is 1.28 bits per heavy atom. The molecule has 0 spiro atoms. The number of hydrogen-bond donors (Lipinski definition) is 3. The first-order valence-corrected chi connectivity index (χ1v) is 5.83. The molecule has 0 radical (unpaired) electrons. The molecule has 0 heterocycles. The van der Waals surface area contributed by atoms with E-state index in [1.54, 1.807) is 13.8 Å². The lowest BCUT2D eigenvalue weighted by Gasteiger charge is -2.18. The maximum absolute atomic E-state index is 11.7. The van der Waals surface area contributed by atoms with Gasteiger partial charge in [0.25, 0.3) is 0 Å². The fraction of sp³-hybridized carbons (Fsp3) is 0.727. The summed E-state index contributed by atoms with van der Waals surface area (Å²) in [5.41, 5.74) is 4.90. The Kier molecular flexibility index (Phi) is 7.50. The molecular weight excluding hydrogens is 238 g/mol. The quantitative estimate of drug-likeness (QED) is 0.437. The number of primary amides is 1. The second-order valence-electron chi connectivity index (χ2n) is 4.17. The maximum atomic E-state index is 11.7. The first kappa shape index (κ1) is 16.2. The zero-order chi connectivity index (χ0) is 14.1. The third kappa shape index (κ3) is 8.37. The minimum atomic E-state index is -0.695. The van der Waals surface area contributed by atoms with Gasteiger partial charge in [-0.25, -0.2) is 9.59 Å². The molecule has 0 rings (SSSR count). The summed E-state index contributed by atoms with van der Waals surface area (Å²) in [5, 5.41) is 4.92. The van der Waals surface area contributed by atoms with E-state index < -0.39 is 18.0 Å². The minimum Gasteiger partial charge on any atom is -0.461 e. The Labute approximate surface area is 106 Å². The Morgan fingerprint density at radius 2 is 1.89 bits per heavy atom. The zero-order valence-electron chi connectivity index (χ0n) is 11.0. The molecule has 18 heavy (non-hydrogen) atoms. The van der Waals surface area contributed by atoms with Crippen molar-refractivity contribution in [2.24, 2.45) is 5.73 Å². The van der Waals surface area contributed by atoms with Crippen molar-refractivity contribution in [2.75, 3.05) is 6.54 Å². The van der Waals surface area contributed by atoms with Gasteiger partial charge in [-0.1, -0.05) is 0 Å². The van der Waals surface area contributed by atoms with Gasteiger partial charge in [0.15, 0.2) is 0 Å². The van der Waals surface area contributed by atoms with Crippen LogP contribution in [0.4, 0.5) is 4.79 Å². The molecule has 0 aliphatic carbocycles. The smallest absolute Gasteiger partial charge is 0.328 e. The van der Waals surface area contributed by atoms with Gasteiger partial charge in [0.05, 0.1) is 6.10 Å². The van der Waals surface area contributed by atoms with Crippen molar-refractivity contribution in [3.63, 3.8) is 0 Å². The van der Waals surface area contributed by atoms with Crippen LogP contribution in [0.5, 0.6) is 0 Å². The van der Waals surface area contributed by atoms with Gasteiger partial charge in [0, 0.05) is 13.5 Å². The summed E-state index contributed by atoms with van der Waals surface area (Å²) in [7, 11) is 0. The van der Waals surface area contributed by atoms with Crippen molar-refractivity contribution in [2.45, 2.75) is 45.8 Å². The number of ether oxygens (including phenoxy) is 1. The minimum absolute atomic E-state index is 0.238. The van der Waals surface area contributed by atoms with E-state index in [1.807, 2.05) is 0 Å². The van der Waals surface area contributed by atoms with Crippen molar-refractivity contribution in [1.29, 1.82) is 0 Å². The molecule has 0 bridgehead atoms. The average molecular weight is 259 g/mol. The normalized spacial score (nSPS) is 11.8. The van der Waals surface area contributed by atoms with Crippen LogP contribution in [0.2, 0.25) is 0 Å². The van der Waals surface area contributed by atoms with Gasteiger partial charge in [0.1, 0.15) is 6.04 Å². The predicted molar refractivity (Wildman–Crippen MR) is 65.7 cm³/mol. The van der Waals surface area contributed by atoms with Gasteiger partial charge in [-0.05, 0) is 26.7 Å². The lowest BCUT2D eigenvalue weighted by atomic mass is 10.1. The molecule has 0 aliphatic heterocycles. The average Bonchev–Trinajstić information content (AvgIpc) is 2.20. The molecule has 0 saturated carbocycles. The van der Waals surface area contributed by atoms with Crippen LogP contribution in [0.25, 0.3) is 0 Å².